The summed E-state index contributed by atoms with van der Waals surface area (Å²) < 4.78 is 0. The van der Waals surface area contributed by atoms with Crippen molar-refractivity contribution in [2.45, 2.75) is 65.7 Å². The molecule has 2 unspecified atom stereocenters. The van der Waals surface area contributed by atoms with E-state index in [2.05, 4.69) is 40.4 Å². The van der Waals surface area contributed by atoms with Gasteiger partial charge in [-0.2, -0.15) is 4.89 Å². The molecular formula is C21H32O3Si. The minimum atomic E-state index is -1.61. The van der Waals surface area contributed by atoms with Gasteiger partial charge in [0.1, 0.15) is 14.2 Å². The van der Waals surface area contributed by atoms with E-state index in [1.165, 1.54) is 11.6 Å². The summed E-state index contributed by atoms with van der Waals surface area (Å²) in [6.45, 7) is 15.1. The Labute approximate surface area is 153 Å². The van der Waals surface area contributed by atoms with Crippen molar-refractivity contribution < 1.29 is 14.6 Å². The molecule has 0 radical (unpaired) electrons. The van der Waals surface area contributed by atoms with E-state index in [0.29, 0.717) is 11.5 Å². The van der Waals surface area contributed by atoms with Crippen molar-refractivity contribution in [2.75, 3.05) is 0 Å². The van der Waals surface area contributed by atoms with E-state index in [4.69, 9.17) is 9.78 Å². The Bertz CT molecular complexity index is 599. The number of hydrogen-bond acceptors (Lipinski definition) is 3. The SMILES string of the molecule is C=C[Si](C)(C)c1ccc(C(=O)OOC2CCCCC2C(C)(C)C)cc1. The van der Waals surface area contributed by atoms with Gasteiger partial charge in [-0.3, -0.25) is 4.89 Å². The summed E-state index contributed by atoms with van der Waals surface area (Å²) in [7, 11) is -1.61. The molecule has 25 heavy (non-hydrogen) atoms. The zero-order valence-electron chi connectivity index (χ0n) is 16.3. The lowest BCUT2D eigenvalue weighted by molar-refractivity contribution is -0.297. The van der Waals surface area contributed by atoms with Gasteiger partial charge in [0.15, 0.2) is 0 Å². The summed E-state index contributed by atoms with van der Waals surface area (Å²) in [6.07, 6.45) is 4.42. The third-order valence-electron chi connectivity index (χ3n) is 5.44. The number of benzene rings is 1. The molecule has 1 aliphatic rings. The highest BCUT2D eigenvalue weighted by Gasteiger charge is 2.36. The van der Waals surface area contributed by atoms with Gasteiger partial charge in [0.05, 0.1) is 5.56 Å². The Morgan fingerprint density at radius 2 is 1.76 bits per heavy atom. The van der Waals surface area contributed by atoms with Crippen molar-refractivity contribution in [3.8, 4) is 0 Å². The average molecular weight is 361 g/mol. The molecule has 1 aromatic carbocycles. The van der Waals surface area contributed by atoms with Crippen molar-refractivity contribution in [1.29, 1.82) is 0 Å². The fourth-order valence-corrected chi connectivity index (χ4v) is 4.77. The highest BCUT2D eigenvalue weighted by molar-refractivity contribution is 6.93. The molecule has 0 saturated heterocycles. The van der Waals surface area contributed by atoms with Gasteiger partial charge < -0.3 is 0 Å². The third-order valence-corrected chi connectivity index (χ3v) is 8.28. The molecule has 2 atom stereocenters. The van der Waals surface area contributed by atoms with Gasteiger partial charge in [0.2, 0.25) is 0 Å². The van der Waals surface area contributed by atoms with Gasteiger partial charge in [-0.15, -0.1) is 6.58 Å². The Hall–Kier alpha value is -1.39. The standard InChI is InChI=1S/C21H32O3Si/c1-7-25(5,6)17-14-12-16(13-15-17)20(22)24-23-19-11-9-8-10-18(19)21(2,3)4/h7,12-15,18-19H,1,8-11H2,2-6H3. The normalized spacial score (nSPS) is 21.6. The highest BCUT2D eigenvalue weighted by atomic mass is 28.3. The number of hydrogen-bond donors (Lipinski definition) is 0. The number of rotatable bonds is 5. The lowest BCUT2D eigenvalue weighted by atomic mass is 9.71. The first kappa shape index (κ1) is 19.9. The van der Waals surface area contributed by atoms with Crippen LogP contribution in [0.4, 0.5) is 0 Å². The zero-order valence-corrected chi connectivity index (χ0v) is 17.3. The Kier molecular flexibility index (Phi) is 6.28. The van der Waals surface area contributed by atoms with Crippen LogP contribution in [-0.4, -0.2) is 20.1 Å². The maximum Gasteiger partial charge on any atom is 0.373 e. The molecular weight excluding hydrogens is 328 g/mol. The van der Waals surface area contributed by atoms with Crippen LogP contribution in [0.5, 0.6) is 0 Å². The van der Waals surface area contributed by atoms with E-state index < -0.39 is 14.0 Å². The topological polar surface area (TPSA) is 35.5 Å². The van der Waals surface area contributed by atoms with Crippen molar-refractivity contribution in [2.24, 2.45) is 11.3 Å². The Morgan fingerprint density at radius 3 is 2.32 bits per heavy atom. The fraction of sp³-hybridized carbons (Fsp3) is 0.571. The van der Waals surface area contributed by atoms with Crippen molar-refractivity contribution >= 4 is 19.2 Å². The first-order valence-corrected chi connectivity index (χ1v) is 12.3. The second-order valence-corrected chi connectivity index (χ2v) is 13.2. The smallest absolute Gasteiger partial charge is 0.293 e. The van der Waals surface area contributed by atoms with Crippen LogP contribution in [0.3, 0.4) is 0 Å². The second-order valence-electron chi connectivity index (χ2n) is 8.77. The van der Waals surface area contributed by atoms with Crippen LogP contribution < -0.4 is 5.19 Å². The van der Waals surface area contributed by atoms with Gasteiger partial charge in [-0.25, -0.2) is 4.79 Å². The minimum Gasteiger partial charge on any atom is -0.293 e. The minimum absolute atomic E-state index is 0.0101. The molecule has 0 amide bonds. The molecule has 0 aliphatic heterocycles. The quantitative estimate of drug-likeness (QED) is 0.420. The predicted molar refractivity (Wildman–Crippen MR) is 105 cm³/mol. The van der Waals surface area contributed by atoms with Crippen LogP contribution >= 0.6 is 0 Å². The third kappa shape index (κ3) is 5.05. The Balaban J connectivity index is 1.99. The van der Waals surface area contributed by atoms with Gasteiger partial charge in [0, 0.05) is 0 Å². The molecule has 0 N–H and O–H groups in total. The molecule has 138 valence electrons. The van der Waals surface area contributed by atoms with Crippen LogP contribution in [0.15, 0.2) is 36.5 Å². The van der Waals surface area contributed by atoms with Gasteiger partial charge in [-0.1, -0.05) is 69.7 Å². The lowest BCUT2D eigenvalue weighted by Gasteiger charge is -2.38. The van der Waals surface area contributed by atoms with E-state index in [-0.39, 0.29) is 11.5 Å². The van der Waals surface area contributed by atoms with E-state index in [9.17, 15) is 4.79 Å². The summed E-state index contributed by atoms with van der Waals surface area (Å²) in [5.74, 6) is -0.00123. The zero-order chi connectivity index (χ0) is 18.7. The summed E-state index contributed by atoms with van der Waals surface area (Å²) in [6, 6.07) is 7.65. The molecule has 3 nitrogen and oxygen atoms in total. The van der Waals surface area contributed by atoms with Crippen LogP contribution in [0.25, 0.3) is 0 Å². The van der Waals surface area contributed by atoms with E-state index in [1.807, 2.05) is 30.0 Å². The van der Waals surface area contributed by atoms with Crippen LogP contribution in [0, 0.1) is 11.3 Å². The highest BCUT2D eigenvalue weighted by Crippen LogP contribution is 2.39. The average Bonchev–Trinajstić information content (AvgIpc) is 2.59. The van der Waals surface area contributed by atoms with Gasteiger partial charge in [-0.05, 0) is 36.3 Å². The van der Waals surface area contributed by atoms with Gasteiger partial charge >= 0.3 is 5.97 Å². The number of carbonyl (C=O) groups excluding carboxylic acids is 1. The van der Waals surface area contributed by atoms with Crippen molar-refractivity contribution in [3.05, 3.63) is 42.1 Å². The Morgan fingerprint density at radius 1 is 1.16 bits per heavy atom. The van der Waals surface area contributed by atoms with Crippen molar-refractivity contribution in [3.63, 3.8) is 0 Å². The molecule has 0 aromatic heterocycles. The lowest BCUT2D eigenvalue weighted by Crippen LogP contribution is -2.39. The second kappa shape index (κ2) is 7.88. The summed E-state index contributed by atoms with van der Waals surface area (Å²) in [4.78, 5) is 23.1. The van der Waals surface area contributed by atoms with Gasteiger partial charge in [0.25, 0.3) is 0 Å². The summed E-state index contributed by atoms with van der Waals surface area (Å²) in [5, 5.41) is 1.25. The molecule has 0 bridgehead atoms. The number of carbonyl (C=O) groups is 1. The molecule has 0 heterocycles. The maximum absolute atomic E-state index is 12.3. The van der Waals surface area contributed by atoms with E-state index in [1.54, 1.807) is 0 Å². The molecule has 0 spiro atoms. The fourth-order valence-electron chi connectivity index (χ4n) is 3.51. The van der Waals surface area contributed by atoms with Crippen LogP contribution in [0.1, 0.15) is 56.8 Å². The largest absolute Gasteiger partial charge is 0.373 e. The molecule has 4 heteroatoms. The molecule has 1 saturated carbocycles. The monoisotopic (exact) mass is 360 g/mol. The van der Waals surface area contributed by atoms with Crippen LogP contribution in [-0.2, 0) is 9.78 Å². The first-order valence-electron chi connectivity index (χ1n) is 9.27. The van der Waals surface area contributed by atoms with Crippen LogP contribution in [0.2, 0.25) is 13.1 Å². The molecule has 1 aliphatic carbocycles. The summed E-state index contributed by atoms with van der Waals surface area (Å²) >= 11 is 0. The first-order chi connectivity index (χ1) is 11.6. The maximum atomic E-state index is 12.3. The molecule has 2 rings (SSSR count). The predicted octanol–water partition coefficient (Wildman–Crippen LogP) is 5.02. The van der Waals surface area contributed by atoms with Crippen molar-refractivity contribution in [1.82, 2.24) is 0 Å². The van der Waals surface area contributed by atoms with E-state index >= 15 is 0 Å². The molecule has 1 fully saturated rings. The molecule has 1 aromatic rings. The summed E-state index contributed by atoms with van der Waals surface area (Å²) in [5.41, 5.74) is 2.72. The van der Waals surface area contributed by atoms with E-state index in [0.717, 1.165) is 19.3 Å².